The molecule has 1 atom stereocenters. The number of hydrogen-bond donors (Lipinski definition) is 0. The average Bonchev–Trinajstić information content (AvgIpc) is 3.31. The third kappa shape index (κ3) is 3.53. The molecule has 0 amide bonds. The van der Waals surface area contributed by atoms with E-state index in [9.17, 15) is 4.39 Å². The van der Waals surface area contributed by atoms with E-state index in [4.69, 9.17) is 0 Å². The van der Waals surface area contributed by atoms with Gasteiger partial charge in [0.05, 0.1) is 5.39 Å². The second-order valence-electron chi connectivity index (χ2n) is 8.74. The number of aromatic nitrogens is 2. The Balaban J connectivity index is 1.25. The second kappa shape index (κ2) is 7.33. The molecular formula is C23H27FN4S. The molecule has 2 fully saturated rings. The molecule has 29 heavy (non-hydrogen) atoms. The van der Waals surface area contributed by atoms with Gasteiger partial charge in [-0.3, -0.25) is 4.90 Å². The maximum atomic E-state index is 13.5. The molecule has 5 rings (SSSR count). The van der Waals surface area contributed by atoms with Crippen molar-refractivity contribution in [2.24, 2.45) is 5.41 Å². The maximum Gasteiger partial charge on any atom is 0.140 e. The van der Waals surface area contributed by atoms with Crippen LogP contribution in [0.2, 0.25) is 0 Å². The van der Waals surface area contributed by atoms with Crippen LogP contribution in [0.5, 0.6) is 0 Å². The predicted octanol–water partition coefficient (Wildman–Crippen LogP) is 4.54. The minimum absolute atomic E-state index is 0.142. The van der Waals surface area contributed by atoms with Gasteiger partial charge in [-0.25, -0.2) is 14.4 Å². The SMILES string of the molecule is CCc1cc2c(N3CCC4(C3)CN(C(C)Cc3cccc(F)c3)C4)ncnc2s1. The van der Waals surface area contributed by atoms with E-state index in [-0.39, 0.29) is 5.82 Å². The Bertz CT molecular complexity index is 1030. The molecule has 2 saturated heterocycles. The lowest BCUT2D eigenvalue weighted by Gasteiger charge is -2.51. The topological polar surface area (TPSA) is 32.3 Å². The Morgan fingerprint density at radius 3 is 2.86 bits per heavy atom. The molecule has 2 aliphatic rings. The fourth-order valence-electron chi connectivity index (χ4n) is 4.95. The summed E-state index contributed by atoms with van der Waals surface area (Å²) in [6, 6.07) is 9.72. The van der Waals surface area contributed by atoms with Crippen molar-refractivity contribution in [2.75, 3.05) is 31.1 Å². The number of nitrogens with zero attached hydrogens (tertiary/aromatic N) is 4. The number of likely N-dealkylation sites (tertiary alicyclic amines) is 1. The molecule has 0 N–H and O–H groups in total. The van der Waals surface area contributed by atoms with E-state index in [1.807, 2.05) is 6.07 Å². The average molecular weight is 411 g/mol. The van der Waals surface area contributed by atoms with Crippen molar-refractivity contribution in [3.63, 3.8) is 0 Å². The van der Waals surface area contributed by atoms with Crippen LogP contribution in [0.3, 0.4) is 0 Å². The number of anilines is 1. The molecule has 4 heterocycles. The first-order chi connectivity index (χ1) is 14.0. The van der Waals surface area contributed by atoms with Crippen molar-refractivity contribution in [1.82, 2.24) is 14.9 Å². The molecule has 0 bridgehead atoms. The van der Waals surface area contributed by atoms with Crippen molar-refractivity contribution >= 4 is 27.4 Å². The summed E-state index contributed by atoms with van der Waals surface area (Å²) in [7, 11) is 0. The summed E-state index contributed by atoms with van der Waals surface area (Å²) in [6.07, 6.45) is 4.88. The van der Waals surface area contributed by atoms with E-state index in [0.29, 0.717) is 11.5 Å². The van der Waals surface area contributed by atoms with Gasteiger partial charge in [0.15, 0.2) is 0 Å². The zero-order chi connectivity index (χ0) is 20.0. The van der Waals surface area contributed by atoms with Crippen molar-refractivity contribution in [1.29, 1.82) is 0 Å². The van der Waals surface area contributed by atoms with Crippen molar-refractivity contribution < 1.29 is 4.39 Å². The van der Waals surface area contributed by atoms with Crippen molar-refractivity contribution in [3.05, 3.63) is 52.9 Å². The smallest absolute Gasteiger partial charge is 0.140 e. The van der Waals surface area contributed by atoms with Gasteiger partial charge in [-0.05, 0) is 49.9 Å². The number of hydrogen-bond acceptors (Lipinski definition) is 5. The Hall–Kier alpha value is -2.05. The summed E-state index contributed by atoms with van der Waals surface area (Å²) in [6.45, 7) is 8.83. The standard InChI is InChI=1S/C23H27FN4S/c1-3-19-11-20-21(25-15-26-22(20)29-19)27-8-7-23(12-27)13-28(14-23)16(2)9-17-5-4-6-18(24)10-17/h4-6,10-11,15-16H,3,7-9,12-14H2,1-2H3. The first-order valence-electron chi connectivity index (χ1n) is 10.5. The summed E-state index contributed by atoms with van der Waals surface area (Å²) in [5, 5.41) is 1.21. The van der Waals surface area contributed by atoms with Crippen LogP contribution in [-0.2, 0) is 12.8 Å². The highest BCUT2D eigenvalue weighted by atomic mass is 32.1. The highest BCUT2D eigenvalue weighted by molar-refractivity contribution is 7.18. The van der Waals surface area contributed by atoms with Crippen LogP contribution in [0.15, 0.2) is 36.7 Å². The number of benzene rings is 1. The lowest BCUT2D eigenvalue weighted by Crippen LogP contribution is -2.60. The van der Waals surface area contributed by atoms with E-state index < -0.39 is 0 Å². The Labute approximate surface area is 175 Å². The third-order valence-electron chi connectivity index (χ3n) is 6.57. The Morgan fingerprint density at radius 1 is 1.21 bits per heavy atom. The van der Waals surface area contributed by atoms with Crippen LogP contribution in [0, 0.1) is 11.2 Å². The van der Waals surface area contributed by atoms with Crippen LogP contribution in [0.1, 0.15) is 30.7 Å². The molecule has 1 spiro atoms. The molecule has 152 valence electrons. The quantitative estimate of drug-likeness (QED) is 0.618. The largest absolute Gasteiger partial charge is 0.355 e. The van der Waals surface area contributed by atoms with Gasteiger partial charge >= 0.3 is 0 Å². The summed E-state index contributed by atoms with van der Waals surface area (Å²) in [5.74, 6) is 0.964. The number of halogens is 1. The lowest BCUT2D eigenvalue weighted by atomic mass is 9.78. The van der Waals surface area contributed by atoms with Crippen LogP contribution < -0.4 is 4.90 Å². The van der Waals surface area contributed by atoms with E-state index in [0.717, 1.165) is 55.2 Å². The number of aryl methyl sites for hydroxylation is 1. The van der Waals surface area contributed by atoms with Crippen LogP contribution in [0.4, 0.5) is 10.2 Å². The van der Waals surface area contributed by atoms with E-state index >= 15 is 0 Å². The highest BCUT2D eigenvalue weighted by Crippen LogP contribution is 2.43. The van der Waals surface area contributed by atoms with Crippen LogP contribution in [-0.4, -0.2) is 47.1 Å². The van der Waals surface area contributed by atoms with E-state index in [2.05, 4.69) is 39.7 Å². The van der Waals surface area contributed by atoms with Gasteiger partial charge in [-0.2, -0.15) is 0 Å². The molecule has 0 aliphatic carbocycles. The molecule has 1 unspecified atom stereocenters. The van der Waals surface area contributed by atoms with Gasteiger partial charge in [0, 0.05) is 42.5 Å². The zero-order valence-electron chi connectivity index (χ0n) is 17.1. The van der Waals surface area contributed by atoms with Gasteiger partial charge in [0.1, 0.15) is 22.8 Å². The normalized spacial score (nSPS) is 19.8. The second-order valence-corrected chi connectivity index (χ2v) is 9.86. The van der Waals surface area contributed by atoms with Gasteiger partial charge in [0.25, 0.3) is 0 Å². The Kier molecular flexibility index (Phi) is 4.79. The number of thiophene rings is 1. The maximum absolute atomic E-state index is 13.5. The summed E-state index contributed by atoms with van der Waals surface area (Å²) >= 11 is 1.78. The van der Waals surface area contributed by atoms with Crippen molar-refractivity contribution in [3.8, 4) is 0 Å². The number of fused-ring (bicyclic) bond motifs is 1. The summed E-state index contributed by atoms with van der Waals surface area (Å²) in [5.41, 5.74) is 1.45. The predicted molar refractivity (Wildman–Crippen MR) is 117 cm³/mol. The van der Waals surface area contributed by atoms with Gasteiger partial charge in [0.2, 0.25) is 0 Å². The third-order valence-corrected chi connectivity index (χ3v) is 7.75. The molecule has 2 aliphatic heterocycles. The Morgan fingerprint density at radius 2 is 2.07 bits per heavy atom. The zero-order valence-corrected chi connectivity index (χ0v) is 17.9. The van der Waals surface area contributed by atoms with Crippen LogP contribution in [0.25, 0.3) is 10.2 Å². The summed E-state index contributed by atoms with van der Waals surface area (Å²) in [4.78, 5) is 16.6. The first-order valence-corrected chi connectivity index (χ1v) is 11.3. The van der Waals surface area contributed by atoms with Gasteiger partial charge < -0.3 is 4.90 Å². The fourth-order valence-corrected chi connectivity index (χ4v) is 5.88. The summed E-state index contributed by atoms with van der Waals surface area (Å²) < 4.78 is 13.5. The van der Waals surface area contributed by atoms with Crippen molar-refractivity contribution in [2.45, 2.75) is 39.2 Å². The lowest BCUT2D eigenvalue weighted by molar-refractivity contribution is -0.0109. The van der Waals surface area contributed by atoms with Crippen LogP contribution >= 0.6 is 11.3 Å². The van der Waals surface area contributed by atoms with E-state index in [1.54, 1.807) is 29.8 Å². The molecule has 4 nitrogen and oxygen atoms in total. The number of rotatable bonds is 5. The fraction of sp³-hybridized carbons (Fsp3) is 0.478. The molecule has 3 aromatic rings. The molecule has 1 aromatic carbocycles. The molecule has 6 heteroatoms. The monoisotopic (exact) mass is 410 g/mol. The van der Waals surface area contributed by atoms with Gasteiger partial charge in [-0.1, -0.05) is 19.1 Å². The minimum Gasteiger partial charge on any atom is -0.355 e. The highest BCUT2D eigenvalue weighted by Gasteiger charge is 2.49. The minimum atomic E-state index is -0.142. The molecule has 2 aromatic heterocycles. The van der Waals surface area contributed by atoms with E-state index in [1.165, 1.54) is 22.8 Å². The molecular weight excluding hydrogens is 383 g/mol. The molecule has 0 radical (unpaired) electrons. The first kappa shape index (κ1) is 18.9. The van der Waals surface area contributed by atoms with Gasteiger partial charge in [-0.15, -0.1) is 11.3 Å². The molecule has 0 saturated carbocycles.